The lowest BCUT2D eigenvalue weighted by atomic mass is 10.1. The Hall–Kier alpha value is -4.11. The molecule has 1 amide bonds. The first-order chi connectivity index (χ1) is 15.1. The Morgan fingerprint density at radius 1 is 1.10 bits per heavy atom. The Morgan fingerprint density at radius 3 is 2.61 bits per heavy atom. The fourth-order valence-electron chi connectivity index (χ4n) is 3.22. The summed E-state index contributed by atoms with van der Waals surface area (Å²) in [5.74, 6) is 0.352. The number of nitrogens with two attached hydrogens (primary N) is 2. The Morgan fingerprint density at radius 2 is 1.90 bits per heavy atom. The maximum atomic E-state index is 13.0. The van der Waals surface area contributed by atoms with E-state index in [9.17, 15) is 4.79 Å². The number of hydrogen-bond donors (Lipinski definition) is 3. The summed E-state index contributed by atoms with van der Waals surface area (Å²) in [6.07, 6.45) is 9.06. The van der Waals surface area contributed by atoms with Crippen molar-refractivity contribution in [2.75, 3.05) is 17.6 Å². The number of amides is 1. The number of anilines is 2. The lowest BCUT2D eigenvalue weighted by Gasteiger charge is -2.13. The van der Waals surface area contributed by atoms with Crippen molar-refractivity contribution in [1.29, 1.82) is 0 Å². The molecule has 0 aliphatic rings. The van der Waals surface area contributed by atoms with Crippen molar-refractivity contribution in [1.82, 2.24) is 24.5 Å². The van der Waals surface area contributed by atoms with Gasteiger partial charge in [-0.15, -0.1) is 0 Å². The van der Waals surface area contributed by atoms with Crippen LogP contribution in [0, 0.1) is 6.92 Å². The van der Waals surface area contributed by atoms with Gasteiger partial charge < -0.3 is 21.4 Å². The van der Waals surface area contributed by atoms with Crippen LogP contribution in [0.15, 0.2) is 61.3 Å². The van der Waals surface area contributed by atoms with Crippen molar-refractivity contribution in [2.45, 2.75) is 13.3 Å². The minimum Gasteiger partial charge on any atom is -0.382 e. The van der Waals surface area contributed by atoms with E-state index in [0.29, 0.717) is 17.9 Å². The van der Waals surface area contributed by atoms with Crippen LogP contribution in [-0.4, -0.2) is 37.0 Å². The van der Waals surface area contributed by atoms with Crippen LogP contribution in [0.3, 0.4) is 0 Å². The van der Waals surface area contributed by atoms with E-state index in [2.05, 4.69) is 25.3 Å². The van der Waals surface area contributed by atoms with Crippen molar-refractivity contribution in [2.24, 2.45) is 5.73 Å². The highest BCUT2D eigenvalue weighted by atomic mass is 16.1. The average Bonchev–Trinajstić information content (AvgIpc) is 3.21. The minimum atomic E-state index is -0.473. The highest BCUT2D eigenvalue weighted by molar-refractivity contribution is 6.06. The molecule has 0 aliphatic heterocycles. The summed E-state index contributed by atoms with van der Waals surface area (Å²) >= 11 is 0. The van der Waals surface area contributed by atoms with Gasteiger partial charge in [0.1, 0.15) is 5.82 Å². The second kappa shape index (κ2) is 8.72. The Bertz CT molecular complexity index is 1220. The largest absolute Gasteiger partial charge is 0.382 e. The summed E-state index contributed by atoms with van der Waals surface area (Å²) in [6, 6.07) is 9.60. The third kappa shape index (κ3) is 4.26. The van der Waals surface area contributed by atoms with Gasteiger partial charge in [0.2, 0.25) is 0 Å². The standard InChI is InChI=1S/C22H22N8O/c1-14-26-10-11-30(14)19-7-9-25-12-18(19)29-22(31)20-21(24)27-13-17(28-20)16-4-2-15(3-5-16)6-8-23/h2-5,7,9-13H,6,8,23H2,1H3,(H2,24,27)(H,29,31). The average molecular weight is 414 g/mol. The van der Waals surface area contributed by atoms with E-state index in [0.717, 1.165) is 29.1 Å². The minimum absolute atomic E-state index is 0.0423. The van der Waals surface area contributed by atoms with Gasteiger partial charge in [-0.2, -0.15) is 0 Å². The van der Waals surface area contributed by atoms with E-state index in [-0.39, 0.29) is 11.5 Å². The number of imidazole rings is 1. The number of aryl methyl sites for hydroxylation is 1. The first-order valence-corrected chi connectivity index (χ1v) is 9.74. The number of rotatable bonds is 6. The first kappa shape index (κ1) is 20.2. The number of pyridine rings is 1. The Labute approximate surface area is 179 Å². The second-order valence-corrected chi connectivity index (χ2v) is 6.92. The van der Waals surface area contributed by atoms with Crippen LogP contribution < -0.4 is 16.8 Å². The summed E-state index contributed by atoms with van der Waals surface area (Å²) in [7, 11) is 0. The zero-order valence-electron chi connectivity index (χ0n) is 17.0. The number of carbonyl (C=O) groups is 1. The molecule has 4 rings (SSSR count). The molecule has 5 N–H and O–H groups in total. The van der Waals surface area contributed by atoms with Crippen LogP contribution in [0.5, 0.6) is 0 Å². The highest BCUT2D eigenvalue weighted by Crippen LogP contribution is 2.23. The molecule has 0 spiro atoms. The maximum Gasteiger partial charge on any atom is 0.278 e. The molecule has 31 heavy (non-hydrogen) atoms. The van der Waals surface area contributed by atoms with Crippen molar-refractivity contribution in [3.63, 3.8) is 0 Å². The van der Waals surface area contributed by atoms with Gasteiger partial charge in [-0.3, -0.25) is 9.78 Å². The molecule has 4 aromatic rings. The Balaban J connectivity index is 1.63. The summed E-state index contributed by atoms with van der Waals surface area (Å²) in [6.45, 7) is 2.46. The quantitative estimate of drug-likeness (QED) is 0.440. The molecule has 1 aromatic carbocycles. The zero-order chi connectivity index (χ0) is 21.8. The van der Waals surface area contributed by atoms with E-state index in [4.69, 9.17) is 11.5 Å². The van der Waals surface area contributed by atoms with E-state index < -0.39 is 5.91 Å². The van der Waals surface area contributed by atoms with Crippen LogP contribution in [0.2, 0.25) is 0 Å². The SMILES string of the molecule is Cc1nccn1-c1ccncc1NC(=O)c1nc(-c2ccc(CCN)cc2)cnc1N. The number of nitrogens with zero attached hydrogens (tertiary/aromatic N) is 5. The third-order valence-electron chi connectivity index (χ3n) is 4.83. The molecule has 3 heterocycles. The molecule has 156 valence electrons. The van der Waals surface area contributed by atoms with Crippen LogP contribution in [0.1, 0.15) is 21.9 Å². The number of carbonyl (C=O) groups excluding carboxylic acids is 1. The molecular weight excluding hydrogens is 392 g/mol. The predicted octanol–water partition coefficient (Wildman–Crippen LogP) is 2.37. The molecule has 0 radical (unpaired) electrons. The van der Waals surface area contributed by atoms with E-state index in [1.165, 1.54) is 0 Å². The van der Waals surface area contributed by atoms with Gasteiger partial charge >= 0.3 is 0 Å². The molecular formula is C22H22N8O. The smallest absolute Gasteiger partial charge is 0.278 e. The van der Waals surface area contributed by atoms with Crippen LogP contribution in [0.4, 0.5) is 11.5 Å². The Kier molecular flexibility index (Phi) is 5.67. The molecule has 0 bridgehead atoms. The summed E-state index contributed by atoms with van der Waals surface area (Å²) in [5.41, 5.74) is 15.4. The van der Waals surface area contributed by atoms with Gasteiger partial charge in [-0.25, -0.2) is 15.0 Å². The number of benzene rings is 1. The second-order valence-electron chi connectivity index (χ2n) is 6.92. The first-order valence-electron chi connectivity index (χ1n) is 9.74. The molecule has 0 saturated heterocycles. The lowest BCUT2D eigenvalue weighted by molar-refractivity contribution is 0.102. The zero-order valence-corrected chi connectivity index (χ0v) is 17.0. The highest BCUT2D eigenvalue weighted by Gasteiger charge is 2.17. The monoisotopic (exact) mass is 414 g/mol. The van der Waals surface area contributed by atoms with Gasteiger partial charge in [-0.1, -0.05) is 24.3 Å². The van der Waals surface area contributed by atoms with Crippen LogP contribution in [-0.2, 0) is 6.42 Å². The van der Waals surface area contributed by atoms with E-state index in [1.54, 1.807) is 30.9 Å². The fourth-order valence-corrected chi connectivity index (χ4v) is 3.22. The van der Waals surface area contributed by atoms with Gasteiger partial charge in [0, 0.05) is 24.2 Å². The number of hydrogen-bond acceptors (Lipinski definition) is 7. The summed E-state index contributed by atoms with van der Waals surface area (Å²) in [5, 5.41) is 2.84. The summed E-state index contributed by atoms with van der Waals surface area (Å²) < 4.78 is 1.85. The normalized spacial score (nSPS) is 10.8. The molecule has 0 atom stereocenters. The predicted molar refractivity (Wildman–Crippen MR) is 119 cm³/mol. The number of nitrogen functional groups attached to an aromatic ring is 1. The van der Waals surface area contributed by atoms with Crippen molar-refractivity contribution in [3.8, 4) is 16.9 Å². The molecule has 0 saturated carbocycles. The third-order valence-corrected chi connectivity index (χ3v) is 4.83. The molecule has 0 fully saturated rings. The molecule has 9 nitrogen and oxygen atoms in total. The number of aromatic nitrogens is 5. The van der Waals surface area contributed by atoms with Gasteiger partial charge in [0.15, 0.2) is 11.5 Å². The fraction of sp³-hybridized carbons (Fsp3) is 0.136. The van der Waals surface area contributed by atoms with Crippen LogP contribution in [0.25, 0.3) is 16.9 Å². The summed E-state index contributed by atoms with van der Waals surface area (Å²) in [4.78, 5) is 30.0. The lowest BCUT2D eigenvalue weighted by Crippen LogP contribution is -2.18. The van der Waals surface area contributed by atoms with E-state index in [1.807, 2.05) is 42.0 Å². The van der Waals surface area contributed by atoms with E-state index >= 15 is 0 Å². The topological polar surface area (TPSA) is 138 Å². The molecule has 3 aromatic heterocycles. The molecule has 0 aliphatic carbocycles. The van der Waals surface area contributed by atoms with Crippen LogP contribution >= 0.6 is 0 Å². The van der Waals surface area contributed by atoms with Crippen molar-refractivity contribution < 1.29 is 4.79 Å². The number of nitrogens with one attached hydrogen (secondary N) is 1. The van der Waals surface area contributed by atoms with Crippen molar-refractivity contribution >= 4 is 17.4 Å². The molecule has 0 unspecified atom stereocenters. The van der Waals surface area contributed by atoms with Gasteiger partial charge in [0.25, 0.3) is 5.91 Å². The van der Waals surface area contributed by atoms with Gasteiger partial charge in [0.05, 0.1) is 29.5 Å². The van der Waals surface area contributed by atoms with Gasteiger partial charge in [-0.05, 0) is 31.5 Å². The molecule has 9 heteroatoms. The maximum absolute atomic E-state index is 13.0. The van der Waals surface area contributed by atoms with Crippen molar-refractivity contribution in [3.05, 3.63) is 78.4 Å².